The molecule has 0 aliphatic carbocycles. The van der Waals surface area contributed by atoms with Crippen molar-refractivity contribution in [3.05, 3.63) is 42.6 Å². The third-order valence-electron chi connectivity index (χ3n) is 2.66. The number of rotatable bonds is 6. The minimum absolute atomic E-state index is 0.264. The Kier molecular flexibility index (Phi) is 5.14. The zero-order chi connectivity index (χ0) is 14.2. The average Bonchev–Trinajstić information content (AvgIpc) is 2.93. The summed E-state index contributed by atoms with van der Waals surface area (Å²) in [6, 6.07) is 11.2. The number of methoxy groups -OCH3 is 1. The van der Waals surface area contributed by atoms with Crippen LogP contribution in [0.5, 0.6) is 0 Å². The number of ether oxygens (including phenoxy) is 1. The van der Waals surface area contributed by atoms with Gasteiger partial charge >= 0.3 is 6.03 Å². The molecule has 1 aromatic heterocycles. The lowest BCUT2D eigenvalue weighted by atomic mass is 10.3. The van der Waals surface area contributed by atoms with Crippen LogP contribution >= 0.6 is 0 Å². The van der Waals surface area contributed by atoms with E-state index in [1.165, 1.54) is 0 Å². The van der Waals surface area contributed by atoms with Crippen LogP contribution < -0.4 is 10.6 Å². The number of nitrogens with one attached hydrogen (secondary N) is 2. The monoisotopic (exact) mass is 274 g/mol. The first-order chi connectivity index (χ1) is 9.79. The van der Waals surface area contributed by atoms with Gasteiger partial charge in [0.05, 0.1) is 5.69 Å². The number of benzene rings is 1. The molecule has 6 nitrogen and oxygen atoms in total. The van der Waals surface area contributed by atoms with Gasteiger partial charge in [0, 0.05) is 32.5 Å². The summed E-state index contributed by atoms with van der Waals surface area (Å²) in [7, 11) is 1.64. The van der Waals surface area contributed by atoms with Crippen molar-refractivity contribution in [2.45, 2.75) is 6.42 Å². The van der Waals surface area contributed by atoms with E-state index in [1.54, 1.807) is 24.1 Å². The third kappa shape index (κ3) is 4.10. The summed E-state index contributed by atoms with van der Waals surface area (Å²) in [4.78, 5) is 11.6. The Bertz CT molecular complexity index is 539. The van der Waals surface area contributed by atoms with E-state index in [0.29, 0.717) is 19.0 Å². The molecule has 0 bridgehead atoms. The summed E-state index contributed by atoms with van der Waals surface area (Å²) in [6.45, 7) is 1.20. The Morgan fingerprint density at radius 3 is 2.85 bits per heavy atom. The molecule has 106 valence electrons. The summed E-state index contributed by atoms with van der Waals surface area (Å²) in [5.74, 6) is 0.512. The van der Waals surface area contributed by atoms with Crippen molar-refractivity contribution in [1.29, 1.82) is 0 Å². The molecule has 6 heteroatoms. The van der Waals surface area contributed by atoms with Crippen LogP contribution in [0.25, 0.3) is 5.69 Å². The first-order valence-corrected chi connectivity index (χ1v) is 6.44. The van der Waals surface area contributed by atoms with E-state index >= 15 is 0 Å². The molecule has 2 amide bonds. The number of hydrogen-bond acceptors (Lipinski definition) is 3. The summed E-state index contributed by atoms with van der Waals surface area (Å²) in [5.41, 5.74) is 0.945. The van der Waals surface area contributed by atoms with Crippen LogP contribution in [-0.4, -0.2) is 36.1 Å². The lowest BCUT2D eigenvalue weighted by Crippen LogP contribution is -2.30. The Balaban J connectivity index is 1.85. The van der Waals surface area contributed by atoms with Gasteiger partial charge in [0.15, 0.2) is 5.82 Å². The second kappa shape index (κ2) is 7.30. The smallest absolute Gasteiger partial charge is 0.320 e. The number of carbonyl (C=O) groups is 1. The van der Waals surface area contributed by atoms with Gasteiger partial charge in [-0.05, 0) is 18.6 Å². The summed E-state index contributed by atoms with van der Waals surface area (Å²) in [5, 5.41) is 9.71. The van der Waals surface area contributed by atoms with Crippen molar-refractivity contribution in [1.82, 2.24) is 15.1 Å². The molecule has 0 atom stereocenters. The average molecular weight is 274 g/mol. The topological polar surface area (TPSA) is 68.2 Å². The van der Waals surface area contributed by atoms with E-state index in [4.69, 9.17) is 4.74 Å². The van der Waals surface area contributed by atoms with Gasteiger partial charge in [-0.3, -0.25) is 5.32 Å². The van der Waals surface area contributed by atoms with Crippen molar-refractivity contribution in [2.75, 3.05) is 25.6 Å². The number of aromatic nitrogens is 2. The zero-order valence-electron chi connectivity index (χ0n) is 11.4. The standard InChI is InChI=1S/C14H18N4O2/c1-20-11-5-9-15-14(19)16-13-8-10-18(17-13)12-6-3-2-4-7-12/h2-4,6-8,10H,5,9,11H2,1H3,(H2,15,16,17,19). The van der Waals surface area contributed by atoms with Crippen molar-refractivity contribution in [2.24, 2.45) is 0 Å². The van der Waals surface area contributed by atoms with E-state index in [1.807, 2.05) is 30.3 Å². The van der Waals surface area contributed by atoms with Gasteiger partial charge in [0.25, 0.3) is 0 Å². The molecule has 1 aromatic carbocycles. The Morgan fingerprint density at radius 1 is 1.30 bits per heavy atom. The van der Waals surface area contributed by atoms with E-state index in [9.17, 15) is 4.79 Å². The molecule has 2 rings (SSSR count). The van der Waals surface area contributed by atoms with E-state index in [2.05, 4.69) is 15.7 Å². The molecule has 20 heavy (non-hydrogen) atoms. The number of para-hydroxylation sites is 1. The highest BCUT2D eigenvalue weighted by Crippen LogP contribution is 2.09. The van der Waals surface area contributed by atoms with Crippen molar-refractivity contribution in [3.8, 4) is 5.69 Å². The van der Waals surface area contributed by atoms with Crippen LogP contribution in [0.1, 0.15) is 6.42 Å². The van der Waals surface area contributed by atoms with Crippen molar-refractivity contribution in [3.63, 3.8) is 0 Å². The molecule has 0 radical (unpaired) electrons. The molecule has 0 saturated carbocycles. The number of hydrogen-bond donors (Lipinski definition) is 2. The minimum Gasteiger partial charge on any atom is -0.385 e. The van der Waals surface area contributed by atoms with Crippen LogP contribution in [0.15, 0.2) is 42.6 Å². The van der Waals surface area contributed by atoms with Gasteiger partial charge in [-0.15, -0.1) is 5.10 Å². The summed E-state index contributed by atoms with van der Waals surface area (Å²) < 4.78 is 6.62. The van der Waals surface area contributed by atoms with Crippen LogP contribution in [0, 0.1) is 0 Å². The van der Waals surface area contributed by atoms with E-state index in [0.717, 1.165) is 12.1 Å². The molecule has 0 aliphatic heterocycles. The predicted octanol–water partition coefficient (Wildman–Crippen LogP) is 2.03. The Morgan fingerprint density at radius 2 is 2.10 bits per heavy atom. The number of carbonyl (C=O) groups excluding carboxylic acids is 1. The molecule has 0 fully saturated rings. The SMILES string of the molecule is COCCCNC(=O)Nc1ccn(-c2ccccc2)n1. The number of anilines is 1. The van der Waals surface area contributed by atoms with Crippen molar-refractivity contribution < 1.29 is 9.53 Å². The normalized spacial score (nSPS) is 10.2. The number of amides is 2. The first-order valence-electron chi connectivity index (χ1n) is 6.44. The third-order valence-corrected chi connectivity index (χ3v) is 2.66. The van der Waals surface area contributed by atoms with Crippen LogP contribution in [-0.2, 0) is 4.74 Å². The molecule has 0 unspecified atom stereocenters. The maximum atomic E-state index is 11.6. The van der Waals surface area contributed by atoms with Gasteiger partial charge < -0.3 is 10.1 Å². The zero-order valence-corrected chi connectivity index (χ0v) is 11.4. The molecule has 1 heterocycles. The fraction of sp³-hybridized carbons (Fsp3) is 0.286. The van der Waals surface area contributed by atoms with Crippen molar-refractivity contribution >= 4 is 11.8 Å². The Labute approximate surface area is 117 Å². The lowest BCUT2D eigenvalue weighted by Gasteiger charge is -2.05. The lowest BCUT2D eigenvalue weighted by molar-refractivity contribution is 0.194. The highest BCUT2D eigenvalue weighted by molar-refractivity contribution is 5.88. The predicted molar refractivity (Wildman–Crippen MR) is 77.1 cm³/mol. The van der Waals surface area contributed by atoms with E-state index in [-0.39, 0.29) is 6.03 Å². The minimum atomic E-state index is -0.264. The van der Waals surface area contributed by atoms with Crippen LogP contribution in [0.2, 0.25) is 0 Å². The quantitative estimate of drug-likeness (QED) is 0.792. The van der Waals surface area contributed by atoms with Gasteiger partial charge in [0.2, 0.25) is 0 Å². The molecular formula is C14H18N4O2. The molecule has 0 saturated heterocycles. The van der Waals surface area contributed by atoms with Crippen LogP contribution in [0.3, 0.4) is 0 Å². The van der Waals surface area contributed by atoms with Gasteiger partial charge in [0.1, 0.15) is 0 Å². The molecule has 0 aliphatic rings. The number of urea groups is 1. The second-order valence-electron chi connectivity index (χ2n) is 4.21. The van der Waals surface area contributed by atoms with Crippen LogP contribution in [0.4, 0.5) is 10.6 Å². The second-order valence-corrected chi connectivity index (χ2v) is 4.21. The molecular weight excluding hydrogens is 256 g/mol. The molecule has 2 N–H and O–H groups in total. The van der Waals surface area contributed by atoms with Gasteiger partial charge in [-0.25, -0.2) is 9.48 Å². The fourth-order valence-corrected chi connectivity index (χ4v) is 1.69. The largest absolute Gasteiger partial charge is 0.385 e. The molecule has 2 aromatic rings. The Hall–Kier alpha value is -2.34. The first kappa shape index (κ1) is 14.1. The summed E-state index contributed by atoms with van der Waals surface area (Å²) >= 11 is 0. The maximum Gasteiger partial charge on any atom is 0.320 e. The molecule has 0 spiro atoms. The van der Waals surface area contributed by atoms with Gasteiger partial charge in [-0.2, -0.15) is 0 Å². The highest BCUT2D eigenvalue weighted by atomic mass is 16.5. The maximum absolute atomic E-state index is 11.6. The summed E-state index contributed by atoms with van der Waals surface area (Å²) in [6.07, 6.45) is 2.58. The number of nitrogens with zero attached hydrogens (tertiary/aromatic N) is 2. The fourth-order valence-electron chi connectivity index (χ4n) is 1.69. The van der Waals surface area contributed by atoms with Gasteiger partial charge in [-0.1, -0.05) is 18.2 Å². The van der Waals surface area contributed by atoms with E-state index < -0.39 is 0 Å². The highest BCUT2D eigenvalue weighted by Gasteiger charge is 2.04.